The molecule has 0 aliphatic carbocycles. The van der Waals surface area contributed by atoms with E-state index in [4.69, 9.17) is 15.2 Å². The summed E-state index contributed by atoms with van der Waals surface area (Å²) in [6.07, 6.45) is -6.54. The summed E-state index contributed by atoms with van der Waals surface area (Å²) >= 11 is 0. The third-order valence-electron chi connectivity index (χ3n) is 4.61. The molecule has 0 bridgehead atoms. The fourth-order valence-electron chi connectivity index (χ4n) is 3.44. The van der Waals surface area contributed by atoms with Crippen LogP contribution >= 0.6 is 0 Å². The number of amides is 1. The summed E-state index contributed by atoms with van der Waals surface area (Å²) in [5.74, 6) is -1.29. The van der Waals surface area contributed by atoms with E-state index in [1.165, 1.54) is 26.0 Å². The van der Waals surface area contributed by atoms with Crippen molar-refractivity contribution in [3.05, 3.63) is 29.1 Å². The van der Waals surface area contributed by atoms with E-state index in [0.29, 0.717) is 29.9 Å². The molecule has 0 spiro atoms. The van der Waals surface area contributed by atoms with Gasteiger partial charge in [0.25, 0.3) is 0 Å². The van der Waals surface area contributed by atoms with Gasteiger partial charge >= 0.3 is 6.18 Å². The lowest BCUT2D eigenvalue weighted by Crippen LogP contribution is -2.43. The monoisotopic (exact) mass is 347 g/mol. The number of rotatable bonds is 4. The third kappa shape index (κ3) is 2.53. The summed E-state index contributed by atoms with van der Waals surface area (Å²) in [7, 11) is 0. The van der Waals surface area contributed by atoms with Crippen LogP contribution in [0.5, 0.6) is 5.75 Å². The first-order valence-corrected chi connectivity index (χ1v) is 7.47. The molecule has 1 amide bonds. The zero-order chi connectivity index (χ0) is 17.9. The lowest BCUT2D eigenvalue weighted by molar-refractivity contribution is -0.189. The van der Waals surface area contributed by atoms with Gasteiger partial charge in [0.05, 0.1) is 6.61 Å². The van der Waals surface area contributed by atoms with E-state index >= 15 is 0 Å². The van der Waals surface area contributed by atoms with Gasteiger partial charge in [-0.25, -0.2) is 4.39 Å². The van der Waals surface area contributed by atoms with Crippen LogP contribution in [-0.2, 0) is 21.4 Å². The highest BCUT2D eigenvalue weighted by atomic mass is 19.4. The summed E-state index contributed by atoms with van der Waals surface area (Å²) in [4.78, 5) is 11.2. The van der Waals surface area contributed by atoms with Gasteiger partial charge in [-0.15, -0.1) is 0 Å². The number of hydrogen-bond donors (Lipinski definition) is 1. The molecule has 1 aromatic carbocycles. The number of benzene rings is 1. The van der Waals surface area contributed by atoms with E-state index in [9.17, 15) is 22.4 Å². The Morgan fingerprint density at radius 1 is 1.38 bits per heavy atom. The maximum Gasteiger partial charge on any atom is 0.420 e. The summed E-state index contributed by atoms with van der Waals surface area (Å²) in [6, 6.07) is 2.50. The second-order valence-electron chi connectivity index (χ2n) is 6.89. The number of halogens is 4. The van der Waals surface area contributed by atoms with Crippen LogP contribution in [0.1, 0.15) is 31.4 Å². The molecule has 132 valence electrons. The van der Waals surface area contributed by atoms with Crippen LogP contribution in [0.4, 0.5) is 17.6 Å². The Morgan fingerprint density at radius 3 is 2.58 bits per heavy atom. The van der Waals surface area contributed by atoms with Crippen molar-refractivity contribution in [2.24, 2.45) is 5.73 Å². The Hall–Kier alpha value is -1.83. The molecule has 1 fully saturated rings. The second kappa shape index (κ2) is 5.08. The van der Waals surface area contributed by atoms with E-state index < -0.39 is 41.4 Å². The Bertz CT molecular complexity index is 701. The van der Waals surface area contributed by atoms with Gasteiger partial charge in [0.1, 0.15) is 11.6 Å². The standard InChI is InChI=1S/C16H17F4NO3/c1-14(2,7-15(16(18,19)20)12(24-15)13(21)22)10-6-9(17)5-8-3-4-23-11(8)10/h5-6,12H,3-4,7H2,1-2H3,(H2,21,22)/t12-,15?/m0/s1. The average Bonchev–Trinajstić information content (AvgIpc) is 2.98. The van der Waals surface area contributed by atoms with E-state index in [1.54, 1.807) is 0 Å². The first-order valence-electron chi connectivity index (χ1n) is 7.47. The number of nitrogens with two attached hydrogens (primary N) is 1. The highest BCUT2D eigenvalue weighted by molar-refractivity contribution is 5.83. The molecule has 1 saturated heterocycles. The summed E-state index contributed by atoms with van der Waals surface area (Å²) < 4.78 is 64.4. The van der Waals surface area contributed by atoms with Crippen molar-refractivity contribution in [2.75, 3.05) is 6.61 Å². The molecule has 1 aromatic rings. The second-order valence-corrected chi connectivity index (χ2v) is 6.89. The van der Waals surface area contributed by atoms with E-state index in [1.807, 2.05) is 0 Å². The molecular weight excluding hydrogens is 330 g/mol. The van der Waals surface area contributed by atoms with Crippen LogP contribution in [0, 0.1) is 5.82 Å². The molecule has 0 saturated carbocycles. The van der Waals surface area contributed by atoms with Gasteiger partial charge in [0, 0.05) is 17.5 Å². The number of alkyl halides is 3. The summed E-state index contributed by atoms with van der Waals surface area (Å²) in [5.41, 5.74) is 2.17. The lowest BCUT2D eigenvalue weighted by Gasteiger charge is -2.31. The fourth-order valence-corrected chi connectivity index (χ4v) is 3.44. The molecule has 2 heterocycles. The zero-order valence-electron chi connectivity index (χ0n) is 13.2. The Labute approximate surface area is 135 Å². The van der Waals surface area contributed by atoms with Crippen molar-refractivity contribution >= 4 is 5.91 Å². The minimum atomic E-state index is -4.76. The molecule has 4 nitrogen and oxygen atoms in total. The minimum absolute atomic E-state index is 0.331. The van der Waals surface area contributed by atoms with Crippen molar-refractivity contribution in [3.63, 3.8) is 0 Å². The van der Waals surface area contributed by atoms with Gasteiger partial charge in [-0.2, -0.15) is 13.2 Å². The predicted molar refractivity (Wildman–Crippen MR) is 76.1 cm³/mol. The number of hydrogen-bond acceptors (Lipinski definition) is 3. The molecule has 2 atom stereocenters. The van der Waals surface area contributed by atoms with Gasteiger partial charge in [-0.05, 0) is 24.0 Å². The van der Waals surface area contributed by atoms with Crippen LogP contribution < -0.4 is 10.5 Å². The minimum Gasteiger partial charge on any atom is -0.493 e. The number of carbonyl (C=O) groups is 1. The van der Waals surface area contributed by atoms with Gasteiger partial charge < -0.3 is 15.2 Å². The summed E-state index contributed by atoms with van der Waals surface area (Å²) in [5, 5.41) is 0. The molecule has 2 aliphatic heterocycles. The van der Waals surface area contributed by atoms with E-state index in [2.05, 4.69) is 0 Å². The van der Waals surface area contributed by atoms with Crippen LogP contribution in [0.25, 0.3) is 0 Å². The maximum atomic E-state index is 13.9. The van der Waals surface area contributed by atoms with E-state index in [0.717, 1.165) is 0 Å². The number of carbonyl (C=O) groups excluding carboxylic acids is 1. The molecular formula is C16H17F4NO3. The normalized spacial score (nSPS) is 26.0. The number of primary amides is 1. The molecule has 8 heteroatoms. The van der Waals surface area contributed by atoms with Crippen molar-refractivity contribution in [1.29, 1.82) is 0 Å². The predicted octanol–water partition coefficient (Wildman–Crippen LogP) is 2.61. The van der Waals surface area contributed by atoms with Crippen LogP contribution in [0.2, 0.25) is 0 Å². The van der Waals surface area contributed by atoms with Crippen molar-refractivity contribution in [1.82, 2.24) is 0 Å². The fraction of sp³-hybridized carbons (Fsp3) is 0.562. The SMILES string of the molecule is CC(C)(CC1(C(F)(F)F)O[C@H]1C(N)=O)c1cc(F)cc2c1OCC2. The largest absolute Gasteiger partial charge is 0.493 e. The lowest BCUT2D eigenvalue weighted by atomic mass is 9.74. The zero-order valence-corrected chi connectivity index (χ0v) is 13.2. The Morgan fingerprint density at radius 2 is 2.04 bits per heavy atom. The van der Waals surface area contributed by atoms with Gasteiger partial charge in [0.2, 0.25) is 5.91 Å². The number of fused-ring (bicyclic) bond motifs is 1. The molecule has 2 N–H and O–H groups in total. The molecule has 2 aliphatic rings. The number of ether oxygens (including phenoxy) is 2. The van der Waals surface area contributed by atoms with Crippen molar-refractivity contribution < 1.29 is 31.8 Å². The van der Waals surface area contributed by atoms with Crippen LogP contribution in [0.15, 0.2) is 12.1 Å². The maximum absolute atomic E-state index is 13.9. The highest BCUT2D eigenvalue weighted by Crippen LogP contribution is 2.56. The highest BCUT2D eigenvalue weighted by Gasteiger charge is 2.76. The average molecular weight is 347 g/mol. The molecule has 3 rings (SSSR count). The third-order valence-corrected chi connectivity index (χ3v) is 4.61. The van der Waals surface area contributed by atoms with Crippen molar-refractivity contribution in [3.8, 4) is 5.75 Å². The molecule has 24 heavy (non-hydrogen) atoms. The van der Waals surface area contributed by atoms with Crippen LogP contribution in [-0.4, -0.2) is 30.4 Å². The first kappa shape index (κ1) is 17.0. The topological polar surface area (TPSA) is 64.8 Å². The summed E-state index contributed by atoms with van der Waals surface area (Å²) in [6.45, 7) is 3.43. The first-order chi connectivity index (χ1) is 11.0. The Kier molecular flexibility index (Phi) is 3.60. The van der Waals surface area contributed by atoms with Gasteiger partial charge in [-0.3, -0.25) is 4.79 Å². The number of epoxide rings is 1. The van der Waals surface area contributed by atoms with E-state index in [-0.39, 0.29) is 0 Å². The Balaban J connectivity index is 1.99. The molecule has 1 unspecified atom stereocenters. The van der Waals surface area contributed by atoms with Crippen LogP contribution in [0.3, 0.4) is 0 Å². The molecule has 0 aromatic heterocycles. The van der Waals surface area contributed by atoms with Gasteiger partial charge in [0.15, 0.2) is 11.7 Å². The molecule has 0 radical (unpaired) electrons. The smallest absolute Gasteiger partial charge is 0.420 e. The van der Waals surface area contributed by atoms with Crippen molar-refractivity contribution in [2.45, 2.75) is 50.0 Å². The van der Waals surface area contributed by atoms with Gasteiger partial charge in [-0.1, -0.05) is 13.8 Å². The quantitative estimate of drug-likeness (QED) is 0.673.